The van der Waals surface area contributed by atoms with Crippen LogP contribution in [0.2, 0.25) is 0 Å². The Hall–Kier alpha value is -1.14. The molecule has 0 spiro atoms. The van der Waals surface area contributed by atoms with Gasteiger partial charge in [-0.05, 0) is 33.7 Å². The van der Waals surface area contributed by atoms with E-state index in [4.69, 9.17) is 0 Å². The maximum Gasteiger partial charge on any atom is 0.315 e. The molecule has 106 valence electrons. The quantitative estimate of drug-likeness (QED) is 0.835. The highest BCUT2D eigenvalue weighted by Crippen LogP contribution is 2.26. The number of rotatable bonds is 6. The lowest BCUT2D eigenvalue weighted by molar-refractivity contribution is 0.222. The number of carbonyl (C=O) groups is 1. The van der Waals surface area contributed by atoms with Crippen LogP contribution in [0.4, 0.5) is 4.79 Å². The van der Waals surface area contributed by atoms with Crippen molar-refractivity contribution >= 4 is 17.4 Å². The molecular formula is C13H22N4OS. The number of hydrogen-bond donors (Lipinski definition) is 2. The van der Waals surface area contributed by atoms with E-state index in [0.29, 0.717) is 19.1 Å². The van der Waals surface area contributed by atoms with Crippen LogP contribution >= 0.6 is 11.3 Å². The third-order valence-electron chi connectivity index (χ3n) is 3.45. The van der Waals surface area contributed by atoms with Crippen molar-refractivity contribution in [1.29, 1.82) is 0 Å². The van der Waals surface area contributed by atoms with Crippen LogP contribution in [0.5, 0.6) is 0 Å². The van der Waals surface area contributed by atoms with Gasteiger partial charge in [-0.3, -0.25) is 4.90 Å². The van der Waals surface area contributed by atoms with Gasteiger partial charge in [-0.2, -0.15) is 0 Å². The maximum atomic E-state index is 11.7. The van der Waals surface area contributed by atoms with E-state index in [0.717, 1.165) is 15.9 Å². The second-order valence-corrected chi connectivity index (χ2v) is 6.49. The molecule has 1 fully saturated rings. The minimum absolute atomic E-state index is 0.121. The Morgan fingerprint density at radius 1 is 1.58 bits per heavy atom. The highest BCUT2D eigenvalue weighted by molar-refractivity contribution is 7.11. The van der Waals surface area contributed by atoms with Crippen molar-refractivity contribution in [1.82, 2.24) is 20.5 Å². The average molecular weight is 282 g/mol. The summed E-state index contributed by atoms with van der Waals surface area (Å²) in [6, 6.07) is 0.974. The molecule has 1 aromatic heterocycles. The molecule has 1 aromatic rings. The summed E-state index contributed by atoms with van der Waals surface area (Å²) in [6.45, 7) is 5.33. The van der Waals surface area contributed by atoms with Crippen LogP contribution in [0, 0.1) is 6.92 Å². The number of carbonyl (C=O) groups excluding carboxylic acids is 1. The highest BCUT2D eigenvalue weighted by atomic mass is 32.1. The second kappa shape index (κ2) is 6.34. The van der Waals surface area contributed by atoms with E-state index in [2.05, 4.69) is 34.5 Å². The zero-order valence-electron chi connectivity index (χ0n) is 11.8. The summed E-state index contributed by atoms with van der Waals surface area (Å²) in [5, 5.41) is 6.68. The summed E-state index contributed by atoms with van der Waals surface area (Å²) in [6.07, 6.45) is 4.40. The summed E-state index contributed by atoms with van der Waals surface area (Å²) >= 11 is 1.61. The van der Waals surface area contributed by atoms with Crippen LogP contribution in [0.1, 0.15) is 29.7 Å². The number of aryl methyl sites for hydroxylation is 1. The zero-order valence-corrected chi connectivity index (χ0v) is 12.6. The Morgan fingerprint density at radius 2 is 2.32 bits per heavy atom. The number of urea groups is 1. The van der Waals surface area contributed by atoms with Crippen LogP contribution in [-0.2, 0) is 6.54 Å². The van der Waals surface area contributed by atoms with Crippen LogP contribution in [0.25, 0.3) is 0 Å². The Labute approximate surface area is 118 Å². The molecule has 0 radical (unpaired) electrons. The number of likely N-dealkylation sites (N-methyl/N-ethyl adjacent to an activating group) is 1. The molecule has 2 amide bonds. The molecule has 0 aliphatic heterocycles. The fourth-order valence-electron chi connectivity index (χ4n) is 1.93. The lowest BCUT2D eigenvalue weighted by atomic mass is 10.3. The Balaban J connectivity index is 1.63. The molecular weight excluding hydrogens is 260 g/mol. The van der Waals surface area contributed by atoms with Crippen molar-refractivity contribution in [3.05, 3.63) is 16.1 Å². The van der Waals surface area contributed by atoms with Gasteiger partial charge in [0.2, 0.25) is 0 Å². The standard InChI is InChI=1S/C13H22N4OS/c1-9(17(3)11-4-5-11)6-15-13(18)16-8-12-14-7-10(2)19-12/h7,9,11H,4-6,8H2,1-3H3,(H2,15,16,18)/t9-/m0/s1. The zero-order chi connectivity index (χ0) is 13.8. The van der Waals surface area contributed by atoms with E-state index in [1.165, 1.54) is 12.8 Å². The highest BCUT2D eigenvalue weighted by Gasteiger charge is 2.29. The van der Waals surface area contributed by atoms with E-state index in [9.17, 15) is 4.79 Å². The Kier molecular flexibility index (Phi) is 4.76. The van der Waals surface area contributed by atoms with Gasteiger partial charge < -0.3 is 10.6 Å². The van der Waals surface area contributed by atoms with Gasteiger partial charge >= 0.3 is 6.03 Å². The first kappa shape index (κ1) is 14.3. The molecule has 19 heavy (non-hydrogen) atoms. The molecule has 0 unspecified atom stereocenters. The van der Waals surface area contributed by atoms with Crippen LogP contribution in [-0.4, -0.2) is 41.6 Å². The summed E-state index contributed by atoms with van der Waals surface area (Å²) in [5.41, 5.74) is 0. The Morgan fingerprint density at radius 3 is 2.89 bits per heavy atom. The molecule has 0 bridgehead atoms. The van der Waals surface area contributed by atoms with E-state index >= 15 is 0 Å². The number of nitrogens with zero attached hydrogens (tertiary/aromatic N) is 2. The van der Waals surface area contributed by atoms with Crippen molar-refractivity contribution in [3.63, 3.8) is 0 Å². The largest absolute Gasteiger partial charge is 0.337 e. The number of amides is 2. The molecule has 1 aliphatic rings. The van der Waals surface area contributed by atoms with Crippen LogP contribution in [0.3, 0.4) is 0 Å². The first-order chi connectivity index (χ1) is 9.06. The van der Waals surface area contributed by atoms with E-state index < -0.39 is 0 Å². The minimum Gasteiger partial charge on any atom is -0.337 e. The van der Waals surface area contributed by atoms with Gasteiger partial charge in [0.05, 0.1) is 6.54 Å². The number of hydrogen-bond acceptors (Lipinski definition) is 4. The number of aromatic nitrogens is 1. The molecule has 2 rings (SSSR count). The van der Waals surface area contributed by atoms with E-state index in [1.807, 2.05) is 13.1 Å². The average Bonchev–Trinajstić information content (AvgIpc) is 3.16. The SMILES string of the molecule is Cc1cnc(CNC(=O)NC[C@H](C)N(C)C2CC2)s1. The molecule has 6 heteroatoms. The van der Waals surface area contributed by atoms with Gasteiger partial charge in [0.25, 0.3) is 0 Å². The Bertz CT molecular complexity index is 430. The van der Waals surface area contributed by atoms with Crippen molar-refractivity contribution in [2.24, 2.45) is 0 Å². The first-order valence-electron chi connectivity index (χ1n) is 6.71. The summed E-state index contributed by atoms with van der Waals surface area (Å²) in [4.78, 5) is 19.4. The minimum atomic E-state index is -0.121. The third kappa shape index (κ3) is 4.47. The van der Waals surface area contributed by atoms with Crippen molar-refractivity contribution in [2.75, 3.05) is 13.6 Å². The van der Waals surface area contributed by atoms with Gasteiger partial charge in [-0.15, -0.1) is 11.3 Å². The summed E-state index contributed by atoms with van der Waals surface area (Å²) in [7, 11) is 2.13. The number of thiazole rings is 1. The molecule has 5 nitrogen and oxygen atoms in total. The topological polar surface area (TPSA) is 57.3 Å². The smallest absolute Gasteiger partial charge is 0.315 e. The van der Waals surface area contributed by atoms with E-state index in [-0.39, 0.29) is 6.03 Å². The lowest BCUT2D eigenvalue weighted by Gasteiger charge is -2.24. The third-order valence-corrected chi connectivity index (χ3v) is 4.36. The molecule has 1 heterocycles. The predicted molar refractivity (Wildman–Crippen MR) is 77.3 cm³/mol. The van der Waals surface area contributed by atoms with Crippen molar-refractivity contribution in [2.45, 2.75) is 45.3 Å². The number of nitrogens with one attached hydrogen (secondary N) is 2. The first-order valence-corrected chi connectivity index (χ1v) is 7.53. The van der Waals surface area contributed by atoms with Crippen LogP contribution in [0.15, 0.2) is 6.20 Å². The summed E-state index contributed by atoms with van der Waals surface area (Å²) in [5.74, 6) is 0. The van der Waals surface area contributed by atoms with Gasteiger partial charge in [0, 0.05) is 29.7 Å². The van der Waals surface area contributed by atoms with Gasteiger partial charge in [0.1, 0.15) is 5.01 Å². The normalized spacial score (nSPS) is 16.4. The monoisotopic (exact) mass is 282 g/mol. The molecule has 1 saturated carbocycles. The lowest BCUT2D eigenvalue weighted by Crippen LogP contribution is -2.44. The van der Waals surface area contributed by atoms with Crippen LogP contribution < -0.4 is 10.6 Å². The molecule has 2 N–H and O–H groups in total. The second-order valence-electron chi connectivity index (χ2n) is 5.17. The maximum absolute atomic E-state index is 11.7. The van der Waals surface area contributed by atoms with Crippen molar-refractivity contribution < 1.29 is 4.79 Å². The fourth-order valence-corrected chi connectivity index (χ4v) is 2.65. The van der Waals surface area contributed by atoms with Gasteiger partial charge in [-0.1, -0.05) is 0 Å². The van der Waals surface area contributed by atoms with Crippen molar-refractivity contribution in [3.8, 4) is 0 Å². The summed E-state index contributed by atoms with van der Waals surface area (Å²) < 4.78 is 0. The molecule has 0 aromatic carbocycles. The molecule has 1 atom stereocenters. The van der Waals surface area contributed by atoms with Gasteiger partial charge in [-0.25, -0.2) is 9.78 Å². The van der Waals surface area contributed by atoms with Gasteiger partial charge in [0.15, 0.2) is 0 Å². The predicted octanol–water partition coefficient (Wildman–Crippen LogP) is 1.73. The molecule has 1 aliphatic carbocycles. The fraction of sp³-hybridized carbons (Fsp3) is 0.692. The van der Waals surface area contributed by atoms with E-state index in [1.54, 1.807) is 11.3 Å². The molecule has 0 saturated heterocycles.